The summed E-state index contributed by atoms with van der Waals surface area (Å²) in [6.45, 7) is 3.92. The van der Waals surface area contributed by atoms with Crippen LogP contribution < -0.4 is 9.04 Å². The minimum Gasteiger partial charge on any atom is -0.489 e. The highest BCUT2D eigenvalue weighted by molar-refractivity contribution is 7.92. The third kappa shape index (κ3) is 2.82. The number of anilines is 1. The predicted octanol–water partition coefficient (Wildman–Crippen LogP) is 2.79. The van der Waals surface area contributed by atoms with Crippen LogP contribution in [0, 0.1) is 6.92 Å². The lowest BCUT2D eigenvalue weighted by Crippen LogP contribution is -2.38. The Morgan fingerprint density at radius 1 is 1.13 bits per heavy atom. The van der Waals surface area contributed by atoms with E-state index in [0.29, 0.717) is 23.6 Å². The van der Waals surface area contributed by atoms with Gasteiger partial charge in [0.25, 0.3) is 10.0 Å². The van der Waals surface area contributed by atoms with Gasteiger partial charge < -0.3 is 4.74 Å². The molecular formula is C17H17NO4S. The van der Waals surface area contributed by atoms with E-state index in [1.165, 1.54) is 35.5 Å². The van der Waals surface area contributed by atoms with Gasteiger partial charge in [-0.1, -0.05) is 18.2 Å². The van der Waals surface area contributed by atoms with Crippen LogP contribution in [0.15, 0.2) is 47.4 Å². The van der Waals surface area contributed by atoms with Crippen LogP contribution in [0.2, 0.25) is 0 Å². The normalized spacial score (nSPS) is 14.1. The number of nitrogens with zero attached hydrogens (tertiary/aromatic N) is 1. The summed E-state index contributed by atoms with van der Waals surface area (Å²) in [4.78, 5) is 11.5. The highest BCUT2D eigenvalue weighted by atomic mass is 32.2. The van der Waals surface area contributed by atoms with Gasteiger partial charge in [-0.15, -0.1) is 0 Å². The van der Waals surface area contributed by atoms with Crippen molar-refractivity contribution in [3.05, 3.63) is 53.6 Å². The maximum atomic E-state index is 12.9. The lowest BCUT2D eigenvalue weighted by Gasteiger charge is -2.30. The Morgan fingerprint density at radius 2 is 1.83 bits per heavy atom. The summed E-state index contributed by atoms with van der Waals surface area (Å²) in [6.07, 6.45) is 0. The van der Waals surface area contributed by atoms with Crippen LogP contribution in [0.1, 0.15) is 22.8 Å². The van der Waals surface area contributed by atoms with E-state index in [2.05, 4.69) is 0 Å². The van der Waals surface area contributed by atoms with Gasteiger partial charge >= 0.3 is 0 Å². The van der Waals surface area contributed by atoms with E-state index >= 15 is 0 Å². The molecule has 0 bridgehead atoms. The van der Waals surface area contributed by atoms with Crippen molar-refractivity contribution in [1.29, 1.82) is 0 Å². The van der Waals surface area contributed by atoms with Gasteiger partial charge in [-0.2, -0.15) is 0 Å². The van der Waals surface area contributed by atoms with E-state index in [-0.39, 0.29) is 17.2 Å². The van der Waals surface area contributed by atoms with E-state index in [1.54, 1.807) is 12.1 Å². The zero-order chi connectivity index (χ0) is 16.6. The molecule has 5 nitrogen and oxygen atoms in total. The van der Waals surface area contributed by atoms with E-state index in [0.717, 1.165) is 5.56 Å². The molecule has 0 saturated heterocycles. The molecule has 2 aromatic carbocycles. The molecule has 0 unspecified atom stereocenters. The molecule has 1 aliphatic rings. The molecule has 0 spiro atoms. The van der Waals surface area contributed by atoms with Crippen LogP contribution in [0.25, 0.3) is 0 Å². The van der Waals surface area contributed by atoms with E-state index in [1.807, 2.05) is 13.0 Å². The summed E-state index contributed by atoms with van der Waals surface area (Å²) >= 11 is 0. The third-order valence-corrected chi connectivity index (χ3v) is 5.61. The second-order valence-corrected chi connectivity index (χ2v) is 7.34. The molecule has 0 amide bonds. The zero-order valence-corrected chi connectivity index (χ0v) is 13.8. The highest BCUT2D eigenvalue weighted by Crippen LogP contribution is 2.35. The molecule has 0 N–H and O–H groups in total. The van der Waals surface area contributed by atoms with Crippen molar-refractivity contribution < 1.29 is 17.9 Å². The molecule has 0 fully saturated rings. The Kier molecular flexibility index (Phi) is 3.85. The van der Waals surface area contributed by atoms with Gasteiger partial charge in [0.15, 0.2) is 5.78 Å². The fourth-order valence-electron chi connectivity index (χ4n) is 2.54. The van der Waals surface area contributed by atoms with Crippen molar-refractivity contribution in [3.8, 4) is 5.75 Å². The molecule has 0 atom stereocenters. The van der Waals surface area contributed by atoms with Crippen LogP contribution in [-0.4, -0.2) is 27.4 Å². The number of sulfonamides is 1. The van der Waals surface area contributed by atoms with Gasteiger partial charge in [0.05, 0.1) is 17.1 Å². The van der Waals surface area contributed by atoms with Gasteiger partial charge in [-0.3, -0.25) is 9.10 Å². The number of carbonyl (C=O) groups excluding carboxylic acids is 1. The van der Waals surface area contributed by atoms with Crippen LogP contribution in [0.3, 0.4) is 0 Å². The first-order valence-electron chi connectivity index (χ1n) is 7.27. The quantitative estimate of drug-likeness (QED) is 0.811. The van der Waals surface area contributed by atoms with Crippen molar-refractivity contribution in [2.45, 2.75) is 18.7 Å². The number of hydrogen-bond donors (Lipinski definition) is 0. The Labute approximate surface area is 135 Å². The molecule has 1 heterocycles. The molecule has 2 aromatic rings. The summed E-state index contributed by atoms with van der Waals surface area (Å²) < 4.78 is 32.8. The predicted molar refractivity (Wildman–Crippen MR) is 87.7 cm³/mol. The molecule has 0 saturated carbocycles. The van der Waals surface area contributed by atoms with Crippen molar-refractivity contribution in [3.63, 3.8) is 0 Å². The monoisotopic (exact) mass is 331 g/mol. The van der Waals surface area contributed by atoms with Crippen molar-refractivity contribution in [1.82, 2.24) is 0 Å². The number of carbonyl (C=O) groups is 1. The summed E-state index contributed by atoms with van der Waals surface area (Å²) in [7, 11) is -3.69. The van der Waals surface area contributed by atoms with Gasteiger partial charge in [0, 0.05) is 5.56 Å². The number of ether oxygens (including phenoxy) is 1. The minimum absolute atomic E-state index is 0.0960. The van der Waals surface area contributed by atoms with Gasteiger partial charge in [-0.25, -0.2) is 8.42 Å². The molecule has 1 aliphatic heterocycles. The van der Waals surface area contributed by atoms with E-state index in [9.17, 15) is 13.2 Å². The lowest BCUT2D eigenvalue weighted by atomic mass is 10.2. The second-order valence-electron chi connectivity index (χ2n) is 5.48. The number of benzene rings is 2. The zero-order valence-electron chi connectivity index (χ0n) is 12.9. The van der Waals surface area contributed by atoms with Gasteiger partial charge in [0.1, 0.15) is 12.4 Å². The molecule has 6 heteroatoms. The Balaban J connectivity index is 2.04. The topological polar surface area (TPSA) is 63.7 Å². The van der Waals surface area contributed by atoms with E-state index in [4.69, 9.17) is 4.74 Å². The van der Waals surface area contributed by atoms with Crippen molar-refractivity contribution in [2.75, 3.05) is 17.5 Å². The second kappa shape index (κ2) is 5.70. The fraction of sp³-hybridized carbons (Fsp3) is 0.235. The average Bonchev–Trinajstić information content (AvgIpc) is 2.54. The first-order valence-corrected chi connectivity index (χ1v) is 8.71. The molecule has 0 aliphatic carbocycles. The molecule has 0 aromatic heterocycles. The fourth-order valence-corrected chi connectivity index (χ4v) is 3.99. The maximum absolute atomic E-state index is 12.9. The summed E-state index contributed by atoms with van der Waals surface area (Å²) in [5.74, 6) is 0.465. The lowest BCUT2D eigenvalue weighted by molar-refractivity contribution is 0.101. The van der Waals surface area contributed by atoms with Crippen LogP contribution in [-0.2, 0) is 10.0 Å². The summed E-state index contributed by atoms with van der Waals surface area (Å²) in [5, 5.41) is 0. The maximum Gasteiger partial charge on any atom is 0.264 e. The molecule has 3 rings (SSSR count). The van der Waals surface area contributed by atoms with Gasteiger partial charge in [-0.05, 0) is 43.7 Å². The van der Waals surface area contributed by atoms with Crippen molar-refractivity contribution in [2.24, 2.45) is 0 Å². The minimum atomic E-state index is -3.69. The highest BCUT2D eigenvalue weighted by Gasteiger charge is 2.30. The molecule has 23 heavy (non-hydrogen) atoms. The average molecular weight is 331 g/mol. The number of rotatable bonds is 3. The standard InChI is InChI=1S/C17H17NO4S/c1-12-3-8-17-16(11-12)18(9-10-22-17)23(20,21)15-6-4-14(5-7-15)13(2)19/h3-8,11H,9-10H2,1-2H3. The Morgan fingerprint density at radius 3 is 2.48 bits per heavy atom. The number of fused-ring (bicyclic) bond motifs is 1. The smallest absolute Gasteiger partial charge is 0.264 e. The number of aryl methyl sites for hydroxylation is 1. The molecule has 120 valence electrons. The first-order chi connectivity index (χ1) is 10.9. The Bertz CT molecular complexity index is 857. The largest absolute Gasteiger partial charge is 0.489 e. The SMILES string of the molecule is CC(=O)c1ccc(S(=O)(=O)N2CCOc3ccc(C)cc32)cc1. The molecule has 0 radical (unpaired) electrons. The first kappa shape index (κ1) is 15.6. The van der Waals surface area contributed by atoms with E-state index < -0.39 is 10.0 Å². The summed E-state index contributed by atoms with van der Waals surface area (Å²) in [6, 6.07) is 11.5. The summed E-state index contributed by atoms with van der Waals surface area (Å²) in [5.41, 5.74) is 2.00. The van der Waals surface area contributed by atoms with Gasteiger partial charge in [0.2, 0.25) is 0 Å². The van der Waals surface area contributed by atoms with Crippen LogP contribution in [0.5, 0.6) is 5.75 Å². The van der Waals surface area contributed by atoms with Crippen LogP contribution >= 0.6 is 0 Å². The number of Topliss-reactive ketones (excluding diaryl/α,β-unsaturated/α-hetero) is 1. The molecular weight excluding hydrogens is 314 g/mol. The Hall–Kier alpha value is -2.34. The van der Waals surface area contributed by atoms with Crippen molar-refractivity contribution >= 4 is 21.5 Å². The van der Waals surface area contributed by atoms with Crippen LogP contribution in [0.4, 0.5) is 5.69 Å². The number of hydrogen-bond acceptors (Lipinski definition) is 4. The third-order valence-electron chi connectivity index (χ3n) is 3.78. The number of ketones is 1.